The molecule has 0 atom stereocenters. The Hall–Kier alpha value is -1.58. The maximum absolute atomic E-state index is 5.77. The van der Waals surface area contributed by atoms with Crippen molar-refractivity contribution < 1.29 is 0 Å². The van der Waals surface area contributed by atoms with Crippen LogP contribution in [0.2, 0.25) is 0 Å². The lowest BCUT2D eigenvalue weighted by molar-refractivity contribution is 0.794. The number of nitrogen functional groups attached to an aromatic ring is 1. The fourth-order valence-electron chi connectivity index (χ4n) is 1.57. The molecule has 0 aliphatic heterocycles. The molecule has 2 heterocycles. The number of aryl methyl sites for hydroxylation is 2. The van der Waals surface area contributed by atoms with Crippen LogP contribution in [0.5, 0.6) is 0 Å². The van der Waals surface area contributed by atoms with Crippen LogP contribution in [0.4, 0.5) is 5.82 Å². The average Bonchev–Trinajstić information content (AvgIpc) is 2.45. The second kappa shape index (κ2) is 2.73. The van der Waals surface area contributed by atoms with Crippen LogP contribution in [0.3, 0.4) is 0 Å². The van der Waals surface area contributed by atoms with Crippen molar-refractivity contribution in [2.75, 3.05) is 5.73 Å². The molecular weight excluding hydrogens is 164 g/mol. The summed E-state index contributed by atoms with van der Waals surface area (Å²) >= 11 is 0. The van der Waals surface area contributed by atoms with E-state index in [1.807, 2.05) is 6.92 Å². The minimum absolute atomic E-state index is 0.556. The number of aromatic nitrogens is 3. The van der Waals surface area contributed by atoms with E-state index in [9.17, 15) is 0 Å². The van der Waals surface area contributed by atoms with Gasteiger partial charge in [-0.1, -0.05) is 0 Å². The third-order valence-electron chi connectivity index (χ3n) is 2.20. The molecule has 0 radical (unpaired) electrons. The minimum atomic E-state index is 0.556. The van der Waals surface area contributed by atoms with Crippen molar-refractivity contribution in [2.45, 2.75) is 20.4 Å². The molecule has 0 unspecified atom stereocenters. The predicted octanol–water partition coefficient (Wildman–Crippen LogP) is 1.34. The topological polar surface area (TPSA) is 56.7 Å². The van der Waals surface area contributed by atoms with Crippen molar-refractivity contribution in [2.24, 2.45) is 0 Å². The van der Waals surface area contributed by atoms with Gasteiger partial charge in [0.15, 0.2) is 5.82 Å². The van der Waals surface area contributed by atoms with Crippen LogP contribution in [0.15, 0.2) is 12.5 Å². The van der Waals surface area contributed by atoms with Crippen LogP contribution in [0, 0.1) is 6.92 Å². The Morgan fingerprint density at radius 3 is 2.92 bits per heavy atom. The van der Waals surface area contributed by atoms with Crippen LogP contribution >= 0.6 is 0 Å². The summed E-state index contributed by atoms with van der Waals surface area (Å²) in [4.78, 5) is 8.17. The Labute approximate surface area is 76.4 Å². The Morgan fingerprint density at radius 1 is 1.46 bits per heavy atom. The molecule has 0 fully saturated rings. The normalized spacial score (nSPS) is 10.9. The number of nitrogens with zero attached hydrogens (tertiary/aromatic N) is 3. The highest BCUT2D eigenvalue weighted by Gasteiger charge is 2.08. The summed E-state index contributed by atoms with van der Waals surface area (Å²) in [5.74, 6) is 0.556. The van der Waals surface area contributed by atoms with Crippen LogP contribution in [0.25, 0.3) is 11.0 Å². The van der Waals surface area contributed by atoms with Crippen molar-refractivity contribution in [3.8, 4) is 0 Å². The van der Waals surface area contributed by atoms with Gasteiger partial charge in [0.05, 0.1) is 5.52 Å². The molecular formula is C9H12N4. The summed E-state index contributed by atoms with van der Waals surface area (Å²) in [6.07, 6.45) is 3.56. The Morgan fingerprint density at radius 2 is 2.23 bits per heavy atom. The van der Waals surface area contributed by atoms with E-state index in [4.69, 9.17) is 5.73 Å². The van der Waals surface area contributed by atoms with Crippen molar-refractivity contribution in [3.63, 3.8) is 0 Å². The highest BCUT2D eigenvalue weighted by molar-refractivity contribution is 5.87. The Kier molecular flexibility index (Phi) is 1.69. The van der Waals surface area contributed by atoms with Gasteiger partial charge in [-0.15, -0.1) is 0 Å². The molecule has 0 spiro atoms. The number of hydrogen-bond acceptors (Lipinski definition) is 3. The smallest absolute Gasteiger partial charge is 0.151 e. The van der Waals surface area contributed by atoms with Crippen LogP contribution in [0.1, 0.15) is 12.5 Å². The molecule has 0 aromatic carbocycles. The van der Waals surface area contributed by atoms with Gasteiger partial charge >= 0.3 is 0 Å². The molecule has 13 heavy (non-hydrogen) atoms. The number of hydrogen-bond donors (Lipinski definition) is 1. The molecule has 2 aromatic rings. The molecule has 0 saturated heterocycles. The van der Waals surface area contributed by atoms with E-state index in [-0.39, 0.29) is 0 Å². The molecule has 0 aliphatic carbocycles. The molecule has 0 amide bonds. The first-order valence-electron chi connectivity index (χ1n) is 4.30. The van der Waals surface area contributed by atoms with Crippen molar-refractivity contribution >= 4 is 16.9 Å². The van der Waals surface area contributed by atoms with Crippen molar-refractivity contribution in [3.05, 3.63) is 18.1 Å². The van der Waals surface area contributed by atoms with E-state index in [0.717, 1.165) is 23.1 Å². The third kappa shape index (κ3) is 1.06. The fraction of sp³-hybridized carbons (Fsp3) is 0.333. The first kappa shape index (κ1) is 8.04. The zero-order valence-corrected chi connectivity index (χ0v) is 7.78. The standard InChI is InChI=1S/C9H12N4/c1-3-13-4-6(2)7-8(13)9(10)12-5-11-7/h4-5H,3H2,1-2H3,(H2,10,11,12). The molecule has 2 rings (SSSR count). The summed E-state index contributed by atoms with van der Waals surface area (Å²) in [6, 6.07) is 0. The summed E-state index contributed by atoms with van der Waals surface area (Å²) in [5.41, 5.74) is 8.82. The average molecular weight is 176 g/mol. The molecule has 4 heteroatoms. The zero-order valence-electron chi connectivity index (χ0n) is 7.78. The van der Waals surface area contributed by atoms with E-state index >= 15 is 0 Å². The molecule has 0 saturated carbocycles. The molecule has 2 aromatic heterocycles. The van der Waals surface area contributed by atoms with Crippen LogP contribution < -0.4 is 5.73 Å². The maximum Gasteiger partial charge on any atom is 0.151 e. The maximum atomic E-state index is 5.77. The van der Waals surface area contributed by atoms with Gasteiger partial charge in [0, 0.05) is 12.7 Å². The number of anilines is 1. The highest BCUT2D eigenvalue weighted by Crippen LogP contribution is 2.21. The van der Waals surface area contributed by atoms with Gasteiger partial charge < -0.3 is 10.3 Å². The van der Waals surface area contributed by atoms with Crippen molar-refractivity contribution in [1.29, 1.82) is 0 Å². The van der Waals surface area contributed by atoms with Gasteiger partial charge in [0.2, 0.25) is 0 Å². The first-order valence-corrected chi connectivity index (χ1v) is 4.30. The lowest BCUT2D eigenvalue weighted by Gasteiger charge is -2.00. The van der Waals surface area contributed by atoms with Gasteiger partial charge in [0.25, 0.3) is 0 Å². The van der Waals surface area contributed by atoms with Gasteiger partial charge in [-0.05, 0) is 19.4 Å². The second-order valence-corrected chi connectivity index (χ2v) is 3.05. The van der Waals surface area contributed by atoms with E-state index in [1.54, 1.807) is 0 Å². The first-order chi connectivity index (χ1) is 6.24. The van der Waals surface area contributed by atoms with Gasteiger partial charge in [-0.3, -0.25) is 0 Å². The lowest BCUT2D eigenvalue weighted by atomic mass is 10.3. The van der Waals surface area contributed by atoms with E-state index < -0.39 is 0 Å². The van der Waals surface area contributed by atoms with Crippen LogP contribution in [-0.4, -0.2) is 14.5 Å². The highest BCUT2D eigenvalue weighted by atomic mass is 15.0. The van der Waals surface area contributed by atoms with Gasteiger partial charge in [-0.25, -0.2) is 9.97 Å². The summed E-state index contributed by atoms with van der Waals surface area (Å²) in [7, 11) is 0. The molecule has 68 valence electrons. The van der Waals surface area contributed by atoms with E-state index in [0.29, 0.717) is 5.82 Å². The monoisotopic (exact) mass is 176 g/mol. The molecule has 4 nitrogen and oxygen atoms in total. The Balaban J connectivity index is 2.89. The summed E-state index contributed by atoms with van der Waals surface area (Å²) in [6.45, 7) is 4.99. The molecule has 2 N–H and O–H groups in total. The number of fused-ring (bicyclic) bond motifs is 1. The van der Waals surface area contributed by atoms with Gasteiger partial charge in [-0.2, -0.15) is 0 Å². The van der Waals surface area contributed by atoms with Crippen molar-refractivity contribution in [1.82, 2.24) is 14.5 Å². The van der Waals surface area contributed by atoms with Gasteiger partial charge in [0.1, 0.15) is 11.8 Å². The predicted molar refractivity (Wildman–Crippen MR) is 52.4 cm³/mol. The SMILES string of the molecule is CCn1cc(C)c2ncnc(N)c21. The number of nitrogens with two attached hydrogens (primary N) is 1. The fourth-order valence-corrected chi connectivity index (χ4v) is 1.57. The molecule has 0 bridgehead atoms. The minimum Gasteiger partial charge on any atom is -0.382 e. The Bertz CT molecular complexity index is 444. The third-order valence-corrected chi connectivity index (χ3v) is 2.20. The molecule has 0 aliphatic rings. The lowest BCUT2D eigenvalue weighted by Crippen LogP contribution is -1.98. The summed E-state index contributed by atoms with van der Waals surface area (Å²) in [5, 5.41) is 0. The van der Waals surface area contributed by atoms with E-state index in [1.165, 1.54) is 6.33 Å². The second-order valence-electron chi connectivity index (χ2n) is 3.05. The zero-order chi connectivity index (χ0) is 9.42. The van der Waals surface area contributed by atoms with E-state index in [2.05, 4.69) is 27.7 Å². The quantitative estimate of drug-likeness (QED) is 0.713. The largest absolute Gasteiger partial charge is 0.382 e. The summed E-state index contributed by atoms with van der Waals surface area (Å²) < 4.78 is 2.07. The number of rotatable bonds is 1. The van der Waals surface area contributed by atoms with Crippen LogP contribution in [-0.2, 0) is 6.54 Å².